The van der Waals surface area contributed by atoms with Gasteiger partial charge < -0.3 is 4.74 Å². The molecule has 0 aliphatic rings. The minimum atomic E-state index is 0.140. The van der Waals surface area contributed by atoms with Gasteiger partial charge in [0, 0.05) is 0 Å². The van der Waals surface area contributed by atoms with Crippen LogP contribution in [-0.4, -0.2) is 6.61 Å². The number of benzene rings is 1. The van der Waals surface area contributed by atoms with Crippen LogP contribution in [-0.2, 0) is 4.74 Å². The van der Waals surface area contributed by atoms with Gasteiger partial charge in [-0.1, -0.05) is 49.8 Å². The molecule has 1 rings (SSSR count). The molecule has 1 nitrogen and oxygen atoms in total. The van der Waals surface area contributed by atoms with E-state index in [1.165, 1.54) is 11.8 Å². The molecular formula is C14H19ClO. The molecule has 1 atom stereocenters. The smallest absolute Gasteiger partial charge is 0.0873 e. The zero-order valence-electron chi connectivity index (χ0n) is 9.57. The maximum atomic E-state index is 6.30. The van der Waals surface area contributed by atoms with Crippen molar-refractivity contribution in [1.29, 1.82) is 0 Å². The number of ether oxygens (including phenoxy) is 1. The Hall–Kier alpha value is -0.950. The van der Waals surface area contributed by atoms with Gasteiger partial charge in [-0.25, -0.2) is 0 Å². The van der Waals surface area contributed by atoms with Crippen molar-refractivity contribution < 1.29 is 4.74 Å². The summed E-state index contributed by atoms with van der Waals surface area (Å²) in [5.74, 6) is 0. The lowest BCUT2D eigenvalue weighted by Crippen LogP contribution is -1.92. The zero-order valence-corrected chi connectivity index (χ0v) is 10.3. The third-order valence-electron chi connectivity index (χ3n) is 2.50. The maximum absolute atomic E-state index is 6.30. The van der Waals surface area contributed by atoms with Crippen molar-refractivity contribution in [2.75, 3.05) is 6.61 Å². The third-order valence-corrected chi connectivity index (χ3v) is 2.97. The Balaban J connectivity index is 2.11. The molecule has 1 aromatic rings. The van der Waals surface area contributed by atoms with Gasteiger partial charge in [-0.2, -0.15) is 0 Å². The van der Waals surface area contributed by atoms with Gasteiger partial charge in [0.15, 0.2) is 0 Å². The Labute approximate surface area is 103 Å². The average Bonchev–Trinajstić information content (AvgIpc) is 2.34. The van der Waals surface area contributed by atoms with Crippen LogP contribution in [0.4, 0.5) is 0 Å². The van der Waals surface area contributed by atoms with E-state index in [0.29, 0.717) is 0 Å². The van der Waals surface area contributed by atoms with Crippen molar-refractivity contribution in [3.63, 3.8) is 0 Å². The van der Waals surface area contributed by atoms with Crippen LogP contribution >= 0.6 is 11.6 Å². The van der Waals surface area contributed by atoms with Gasteiger partial charge in [-0.05, 0) is 18.4 Å². The highest BCUT2D eigenvalue weighted by atomic mass is 35.5. The maximum Gasteiger partial charge on any atom is 0.0873 e. The topological polar surface area (TPSA) is 9.23 Å². The van der Waals surface area contributed by atoms with E-state index in [1.807, 2.05) is 18.2 Å². The first kappa shape index (κ1) is 13.1. The van der Waals surface area contributed by atoms with Gasteiger partial charge in [0.1, 0.15) is 0 Å². The van der Waals surface area contributed by atoms with Crippen LogP contribution in [0.2, 0.25) is 0 Å². The fraction of sp³-hybridized carbons (Fsp3) is 0.429. The zero-order chi connectivity index (χ0) is 11.6. The van der Waals surface area contributed by atoms with Crippen molar-refractivity contribution in [2.45, 2.75) is 31.1 Å². The van der Waals surface area contributed by atoms with Crippen molar-refractivity contribution in [3.05, 3.63) is 48.7 Å². The molecule has 0 amide bonds. The summed E-state index contributed by atoms with van der Waals surface area (Å²) in [5, 5.41) is 0.140. The van der Waals surface area contributed by atoms with Crippen LogP contribution < -0.4 is 0 Å². The summed E-state index contributed by atoms with van der Waals surface area (Å²) < 4.78 is 5.06. The average molecular weight is 239 g/mol. The fourth-order valence-corrected chi connectivity index (χ4v) is 1.90. The number of rotatable bonds is 8. The lowest BCUT2D eigenvalue weighted by atomic mass is 10.1. The second kappa shape index (κ2) is 8.23. The SMILES string of the molecule is C=COCCCCCC(Cl)c1ccccc1. The first-order chi connectivity index (χ1) is 7.84. The van der Waals surface area contributed by atoms with Crippen LogP contribution in [0.25, 0.3) is 0 Å². The predicted octanol–water partition coefficient (Wildman–Crippen LogP) is 4.69. The Kier molecular flexibility index (Phi) is 6.75. The lowest BCUT2D eigenvalue weighted by Gasteiger charge is -2.09. The largest absolute Gasteiger partial charge is 0.502 e. The molecule has 0 bridgehead atoms. The van der Waals surface area contributed by atoms with E-state index >= 15 is 0 Å². The Morgan fingerprint density at radius 1 is 1.19 bits per heavy atom. The Morgan fingerprint density at radius 2 is 1.94 bits per heavy atom. The van der Waals surface area contributed by atoms with Gasteiger partial charge in [-0.3, -0.25) is 0 Å². The minimum absolute atomic E-state index is 0.140. The predicted molar refractivity (Wildman–Crippen MR) is 69.7 cm³/mol. The van der Waals surface area contributed by atoms with Crippen LogP contribution in [0.15, 0.2) is 43.2 Å². The molecule has 16 heavy (non-hydrogen) atoms. The van der Waals surface area contributed by atoms with Crippen LogP contribution in [0.1, 0.15) is 36.6 Å². The molecule has 0 aliphatic carbocycles. The van der Waals surface area contributed by atoms with E-state index < -0.39 is 0 Å². The molecule has 0 fully saturated rings. The van der Waals surface area contributed by atoms with Crippen LogP contribution in [0, 0.1) is 0 Å². The van der Waals surface area contributed by atoms with E-state index in [1.54, 1.807) is 0 Å². The van der Waals surface area contributed by atoms with Gasteiger partial charge in [-0.15, -0.1) is 11.6 Å². The number of hydrogen-bond acceptors (Lipinski definition) is 1. The summed E-state index contributed by atoms with van der Waals surface area (Å²) in [4.78, 5) is 0. The summed E-state index contributed by atoms with van der Waals surface area (Å²) in [7, 11) is 0. The van der Waals surface area contributed by atoms with E-state index in [-0.39, 0.29) is 5.38 Å². The van der Waals surface area contributed by atoms with Crippen molar-refractivity contribution in [3.8, 4) is 0 Å². The van der Waals surface area contributed by atoms with E-state index in [2.05, 4.69) is 18.7 Å². The summed E-state index contributed by atoms with van der Waals surface area (Å²) in [5.41, 5.74) is 1.21. The summed E-state index contributed by atoms with van der Waals surface area (Å²) >= 11 is 6.30. The monoisotopic (exact) mass is 238 g/mol. The molecule has 0 saturated heterocycles. The highest BCUT2D eigenvalue weighted by molar-refractivity contribution is 6.20. The summed E-state index contributed by atoms with van der Waals surface area (Å²) in [6, 6.07) is 10.2. The first-order valence-electron chi connectivity index (χ1n) is 5.76. The van der Waals surface area contributed by atoms with Gasteiger partial charge in [0.2, 0.25) is 0 Å². The normalized spacial score (nSPS) is 12.1. The highest BCUT2D eigenvalue weighted by Gasteiger charge is 2.05. The van der Waals surface area contributed by atoms with Crippen LogP contribution in [0.5, 0.6) is 0 Å². The van der Waals surface area contributed by atoms with Crippen molar-refractivity contribution in [1.82, 2.24) is 0 Å². The molecular weight excluding hydrogens is 220 g/mol. The molecule has 1 aromatic carbocycles. The molecule has 0 aromatic heterocycles. The van der Waals surface area contributed by atoms with E-state index in [4.69, 9.17) is 16.3 Å². The second-order valence-electron chi connectivity index (χ2n) is 3.77. The highest BCUT2D eigenvalue weighted by Crippen LogP contribution is 2.25. The van der Waals surface area contributed by atoms with Crippen molar-refractivity contribution in [2.24, 2.45) is 0 Å². The Bertz CT molecular complexity index is 284. The summed E-state index contributed by atoms with van der Waals surface area (Å²) in [6.07, 6.45) is 5.89. The Morgan fingerprint density at radius 3 is 2.62 bits per heavy atom. The summed E-state index contributed by atoms with van der Waals surface area (Å²) in [6.45, 7) is 4.27. The molecule has 0 saturated carbocycles. The quantitative estimate of drug-likeness (QED) is 0.363. The molecule has 88 valence electrons. The lowest BCUT2D eigenvalue weighted by molar-refractivity contribution is 0.242. The molecule has 0 heterocycles. The number of alkyl halides is 1. The van der Waals surface area contributed by atoms with Gasteiger partial charge in [0.25, 0.3) is 0 Å². The fourth-order valence-electron chi connectivity index (χ4n) is 1.60. The molecule has 0 spiro atoms. The first-order valence-corrected chi connectivity index (χ1v) is 6.19. The number of unbranched alkanes of at least 4 members (excludes halogenated alkanes) is 2. The second-order valence-corrected chi connectivity index (χ2v) is 4.29. The molecule has 1 unspecified atom stereocenters. The van der Waals surface area contributed by atoms with E-state index in [9.17, 15) is 0 Å². The van der Waals surface area contributed by atoms with Crippen molar-refractivity contribution >= 4 is 11.6 Å². The molecule has 0 radical (unpaired) electrons. The van der Waals surface area contributed by atoms with Gasteiger partial charge >= 0.3 is 0 Å². The third kappa shape index (κ3) is 5.22. The minimum Gasteiger partial charge on any atom is -0.502 e. The number of halogens is 1. The van der Waals surface area contributed by atoms with E-state index in [0.717, 1.165) is 32.3 Å². The molecule has 2 heteroatoms. The molecule has 0 N–H and O–H groups in total. The van der Waals surface area contributed by atoms with Gasteiger partial charge in [0.05, 0.1) is 18.2 Å². The number of hydrogen-bond donors (Lipinski definition) is 0. The van der Waals surface area contributed by atoms with Crippen LogP contribution in [0.3, 0.4) is 0 Å². The molecule has 0 aliphatic heterocycles. The standard InChI is InChI=1S/C14H19ClO/c1-2-16-12-8-4-7-11-14(15)13-9-5-3-6-10-13/h2-3,5-6,9-10,14H,1,4,7-8,11-12H2.